The zero-order valence-electron chi connectivity index (χ0n) is 17.8. The summed E-state index contributed by atoms with van der Waals surface area (Å²) in [5, 5.41) is 3.10. The molecule has 0 aromatic heterocycles. The van der Waals surface area contributed by atoms with Gasteiger partial charge in [0.15, 0.2) is 0 Å². The number of nitrogens with one attached hydrogen (secondary N) is 1. The molecular formula is C24H33N3O2. The Morgan fingerprint density at radius 3 is 2.34 bits per heavy atom. The number of carbonyl (C=O) groups is 1. The van der Waals surface area contributed by atoms with Gasteiger partial charge in [-0.1, -0.05) is 30.3 Å². The Kier molecular flexibility index (Phi) is 7.67. The molecule has 1 amide bonds. The molecular weight excluding hydrogens is 362 g/mol. The highest BCUT2D eigenvalue weighted by atomic mass is 16.5. The van der Waals surface area contributed by atoms with Gasteiger partial charge in [-0.25, -0.2) is 0 Å². The van der Waals surface area contributed by atoms with Crippen molar-refractivity contribution in [2.24, 2.45) is 5.92 Å². The fourth-order valence-corrected chi connectivity index (χ4v) is 3.99. The second-order valence-corrected chi connectivity index (χ2v) is 8.10. The van der Waals surface area contributed by atoms with Gasteiger partial charge in [0.25, 0.3) is 0 Å². The summed E-state index contributed by atoms with van der Waals surface area (Å²) in [6.45, 7) is 3.03. The van der Waals surface area contributed by atoms with Crippen LogP contribution in [-0.4, -0.2) is 56.5 Å². The number of carbonyl (C=O) groups excluding carboxylic acids is 1. The zero-order valence-corrected chi connectivity index (χ0v) is 17.8. The molecule has 1 N–H and O–H groups in total. The van der Waals surface area contributed by atoms with E-state index in [9.17, 15) is 4.79 Å². The van der Waals surface area contributed by atoms with Crippen molar-refractivity contribution in [2.75, 3.05) is 46.2 Å². The molecule has 0 radical (unpaired) electrons. The fraction of sp³-hybridized carbons (Fsp3) is 0.458. The SMILES string of the molecule is COc1ccc(NC(=O)C(c2ccccc2)N2CCC(CCN(C)C)CC2)cc1. The predicted molar refractivity (Wildman–Crippen MR) is 118 cm³/mol. The normalized spacial score (nSPS) is 16.6. The van der Waals surface area contributed by atoms with Gasteiger partial charge in [0.1, 0.15) is 11.8 Å². The number of amides is 1. The van der Waals surface area contributed by atoms with Crippen molar-refractivity contribution in [3.63, 3.8) is 0 Å². The van der Waals surface area contributed by atoms with Crippen LogP contribution >= 0.6 is 0 Å². The lowest BCUT2D eigenvalue weighted by molar-refractivity contribution is -0.122. The van der Waals surface area contributed by atoms with E-state index in [0.717, 1.165) is 55.4 Å². The van der Waals surface area contributed by atoms with Crippen LogP contribution in [0, 0.1) is 5.92 Å². The maximum absolute atomic E-state index is 13.3. The van der Waals surface area contributed by atoms with Gasteiger partial charge in [0, 0.05) is 5.69 Å². The van der Waals surface area contributed by atoms with E-state index in [2.05, 4.69) is 41.3 Å². The smallest absolute Gasteiger partial charge is 0.246 e. The van der Waals surface area contributed by atoms with Crippen LogP contribution in [0.4, 0.5) is 5.69 Å². The molecule has 5 nitrogen and oxygen atoms in total. The second-order valence-electron chi connectivity index (χ2n) is 8.10. The third-order valence-electron chi connectivity index (χ3n) is 5.72. The Labute approximate surface area is 174 Å². The van der Waals surface area contributed by atoms with E-state index in [4.69, 9.17) is 4.74 Å². The maximum Gasteiger partial charge on any atom is 0.246 e. The standard InChI is InChI=1S/C24H33N3O2/c1-26(2)16-13-19-14-17-27(18-15-19)23(20-7-5-4-6-8-20)24(28)25-21-9-11-22(29-3)12-10-21/h4-12,19,23H,13-18H2,1-3H3,(H,25,28). The number of nitrogens with zero attached hydrogens (tertiary/aromatic N) is 2. The summed E-state index contributed by atoms with van der Waals surface area (Å²) in [7, 11) is 5.90. The highest BCUT2D eigenvalue weighted by Crippen LogP contribution is 2.29. The van der Waals surface area contributed by atoms with Gasteiger partial charge in [0.2, 0.25) is 5.91 Å². The van der Waals surface area contributed by atoms with Crippen LogP contribution in [0.5, 0.6) is 5.75 Å². The first-order chi connectivity index (χ1) is 14.1. The molecule has 5 heteroatoms. The molecule has 156 valence electrons. The number of anilines is 1. The van der Waals surface area contributed by atoms with Gasteiger partial charge < -0.3 is 15.0 Å². The molecule has 0 aliphatic carbocycles. The van der Waals surface area contributed by atoms with E-state index in [0.29, 0.717) is 0 Å². The Bertz CT molecular complexity index is 753. The molecule has 0 bridgehead atoms. The Morgan fingerprint density at radius 2 is 1.76 bits per heavy atom. The number of ether oxygens (including phenoxy) is 1. The molecule has 2 aromatic rings. The Hall–Kier alpha value is -2.37. The molecule has 1 aliphatic rings. The minimum absolute atomic E-state index is 0.0214. The highest BCUT2D eigenvalue weighted by Gasteiger charge is 2.31. The first-order valence-corrected chi connectivity index (χ1v) is 10.5. The summed E-state index contributed by atoms with van der Waals surface area (Å²) in [5.74, 6) is 1.55. The summed E-state index contributed by atoms with van der Waals surface area (Å²) >= 11 is 0. The maximum atomic E-state index is 13.3. The number of rotatable bonds is 8. The van der Waals surface area contributed by atoms with Gasteiger partial charge in [-0.2, -0.15) is 0 Å². The minimum atomic E-state index is -0.270. The molecule has 1 atom stereocenters. The molecule has 0 spiro atoms. The molecule has 2 aromatic carbocycles. The number of likely N-dealkylation sites (tertiary alicyclic amines) is 1. The quantitative estimate of drug-likeness (QED) is 0.733. The number of hydrogen-bond acceptors (Lipinski definition) is 4. The number of methoxy groups -OCH3 is 1. The van der Waals surface area contributed by atoms with Crippen molar-refractivity contribution in [1.82, 2.24) is 9.80 Å². The van der Waals surface area contributed by atoms with Crippen molar-refractivity contribution >= 4 is 11.6 Å². The lowest BCUT2D eigenvalue weighted by Crippen LogP contribution is -2.42. The number of hydrogen-bond donors (Lipinski definition) is 1. The lowest BCUT2D eigenvalue weighted by atomic mass is 9.91. The summed E-state index contributed by atoms with van der Waals surface area (Å²) in [6, 6.07) is 17.3. The second kappa shape index (κ2) is 10.4. The van der Waals surface area contributed by atoms with Crippen molar-refractivity contribution < 1.29 is 9.53 Å². The molecule has 29 heavy (non-hydrogen) atoms. The van der Waals surface area contributed by atoms with E-state index in [1.165, 1.54) is 6.42 Å². The van der Waals surface area contributed by atoms with Crippen LogP contribution in [0.1, 0.15) is 30.9 Å². The lowest BCUT2D eigenvalue weighted by Gasteiger charge is -2.37. The van der Waals surface area contributed by atoms with Crippen molar-refractivity contribution in [1.29, 1.82) is 0 Å². The van der Waals surface area contributed by atoms with Crippen LogP contribution in [-0.2, 0) is 4.79 Å². The molecule has 1 saturated heterocycles. The average molecular weight is 396 g/mol. The van der Waals surface area contributed by atoms with Crippen molar-refractivity contribution in [3.05, 3.63) is 60.2 Å². The van der Waals surface area contributed by atoms with Gasteiger partial charge in [-0.15, -0.1) is 0 Å². The van der Waals surface area contributed by atoms with E-state index in [1.54, 1.807) is 7.11 Å². The van der Waals surface area contributed by atoms with Crippen LogP contribution in [0.15, 0.2) is 54.6 Å². The molecule has 0 saturated carbocycles. The average Bonchev–Trinajstić information content (AvgIpc) is 2.74. The van der Waals surface area contributed by atoms with Crippen LogP contribution in [0.2, 0.25) is 0 Å². The molecule has 1 unspecified atom stereocenters. The highest BCUT2D eigenvalue weighted by molar-refractivity contribution is 5.95. The number of benzene rings is 2. The van der Waals surface area contributed by atoms with E-state index >= 15 is 0 Å². The zero-order chi connectivity index (χ0) is 20.6. The van der Waals surface area contributed by atoms with Crippen LogP contribution < -0.4 is 10.1 Å². The van der Waals surface area contributed by atoms with Crippen molar-refractivity contribution in [3.8, 4) is 5.75 Å². The van der Waals surface area contributed by atoms with E-state index in [1.807, 2.05) is 42.5 Å². The number of piperidine rings is 1. The van der Waals surface area contributed by atoms with Gasteiger partial charge in [-0.05, 0) is 88.7 Å². The van der Waals surface area contributed by atoms with Crippen LogP contribution in [0.3, 0.4) is 0 Å². The predicted octanol–water partition coefficient (Wildman–Crippen LogP) is 4.04. The monoisotopic (exact) mass is 395 g/mol. The van der Waals surface area contributed by atoms with Crippen LogP contribution in [0.25, 0.3) is 0 Å². The third-order valence-corrected chi connectivity index (χ3v) is 5.72. The topological polar surface area (TPSA) is 44.8 Å². The van der Waals surface area contributed by atoms with Gasteiger partial charge in [0.05, 0.1) is 7.11 Å². The fourth-order valence-electron chi connectivity index (χ4n) is 3.99. The third kappa shape index (κ3) is 6.05. The summed E-state index contributed by atoms with van der Waals surface area (Å²) < 4.78 is 5.21. The molecule has 1 heterocycles. The molecule has 1 fully saturated rings. The molecule has 3 rings (SSSR count). The Balaban J connectivity index is 1.69. The van der Waals surface area contributed by atoms with Gasteiger partial charge >= 0.3 is 0 Å². The van der Waals surface area contributed by atoms with Crippen molar-refractivity contribution in [2.45, 2.75) is 25.3 Å². The van der Waals surface area contributed by atoms with Gasteiger partial charge in [-0.3, -0.25) is 9.69 Å². The Morgan fingerprint density at radius 1 is 1.10 bits per heavy atom. The minimum Gasteiger partial charge on any atom is -0.497 e. The summed E-state index contributed by atoms with van der Waals surface area (Å²) in [5.41, 5.74) is 1.84. The summed E-state index contributed by atoms with van der Waals surface area (Å²) in [6.07, 6.45) is 3.52. The summed E-state index contributed by atoms with van der Waals surface area (Å²) in [4.78, 5) is 17.9. The van der Waals surface area contributed by atoms with E-state index in [-0.39, 0.29) is 11.9 Å². The largest absolute Gasteiger partial charge is 0.497 e. The first kappa shape index (κ1) is 21.3. The molecule has 1 aliphatic heterocycles. The first-order valence-electron chi connectivity index (χ1n) is 10.5. The van der Waals surface area contributed by atoms with E-state index < -0.39 is 0 Å².